The lowest BCUT2D eigenvalue weighted by Gasteiger charge is -2.31. The summed E-state index contributed by atoms with van der Waals surface area (Å²) in [7, 11) is 1.00. The number of likely N-dealkylation sites (tertiary alicyclic amines) is 1. The fourth-order valence-electron chi connectivity index (χ4n) is 2.21. The summed E-state index contributed by atoms with van der Waals surface area (Å²) >= 11 is 0. The molecule has 3 rings (SSSR count). The highest BCUT2D eigenvalue weighted by atomic mass is 19.4. The third kappa shape index (κ3) is 11.5. The monoisotopic (exact) mass is 474 g/mol. The quantitative estimate of drug-likeness (QED) is 0.584. The number of amides is 1. The van der Waals surface area contributed by atoms with Crippen LogP contribution in [0.1, 0.15) is 20.3 Å². The van der Waals surface area contributed by atoms with Crippen LogP contribution in [0.5, 0.6) is 5.75 Å². The molecule has 0 saturated carbocycles. The number of benzene rings is 1. The SMILES string of the molecule is CC.CO.O=C(CNc1ncnc2cc(OC(F)(F)F)ccc12)N1CCC1.OC(F)(F)F. The standard InChI is InChI=1S/C14H13F3N4O2.C2H6.CHF3O.CH4O/c15-14(16,17)23-9-2-3-10-11(6-9)19-8-20-13(10)18-7-12(22)21-4-1-5-21;1-2;2-1(3,4)5;1-2/h2-3,6,8H,1,4-5,7H2,(H,18,19,20);1-2H3;5H;2H,1H3. The van der Waals surface area contributed by atoms with Crippen LogP contribution >= 0.6 is 0 Å². The van der Waals surface area contributed by atoms with Crippen LogP contribution in [0.15, 0.2) is 24.5 Å². The number of fused-ring (bicyclic) bond motifs is 1. The molecular weight excluding hydrogens is 450 g/mol. The van der Waals surface area contributed by atoms with E-state index in [4.69, 9.17) is 10.2 Å². The van der Waals surface area contributed by atoms with E-state index in [1.54, 1.807) is 4.90 Å². The number of nitrogens with zero attached hydrogens (tertiary/aromatic N) is 3. The van der Waals surface area contributed by atoms with Crippen LogP contribution < -0.4 is 10.1 Å². The zero-order valence-electron chi connectivity index (χ0n) is 17.5. The van der Waals surface area contributed by atoms with E-state index in [9.17, 15) is 31.1 Å². The minimum Gasteiger partial charge on any atom is -0.406 e. The molecule has 1 fully saturated rings. The summed E-state index contributed by atoms with van der Waals surface area (Å²) < 4.78 is 70.3. The van der Waals surface area contributed by atoms with Gasteiger partial charge in [-0.15, -0.1) is 26.3 Å². The number of ether oxygens (including phenoxy) is 1. The van der Waals surface area contributed by atoms with Gasteiger partial charge in [0.05, 0.1) is 12.1 Å². The van der Waals surface area contributed by atoms with Crippen LogP contribution in [0.2, 0.25) is 0 Å². The number of rotatable bonds is 4. The molecule has 0 radical (unpaired) electrons. The number of carbonyl (C=O) groups excluding carboxylic acids is 1. The van der Waals surface area contributed by atoms with Crippen molar-refractivity contribution in [2.75, 3.05) is 32.1 Å². The summed E-state index contributed by atoms with van der Waals surface area (Å²) in [6, 6.07) is 3.78. The van der Waals surface area contributed by atoms with Crippen molar-refractivity contribution in [2.24, 2.45) is 0 Å². The van der Waals surface area contributed by atoms with Crippen molar-refractivity contribution in [3.05, 3.63) is 24.5 Å². The van der Waals surface area contributed by atoms with Gasteiger partial charge < -0.3 is 25.2 Å². The Bertz CT molecular complexity index is 823. The molecule has 1 aromatic heterocycles. The van der Waals surface area contributed by atoms with E-state index in [-0.39, 0.29) is 18.2 Å². The largest absolute Gasteiger partial charge is 0.573 e. The molecule has 2 aromatic rings. The first-order chi connectivity index (χ1) is 14.9. The summed E-state index contributed by atoms with van der Waals surface area (Å²) in [4.78, 5) is 21.5. The average molecular weight is 474 g/mol. The van der Waals surface area contributed by atoms with Crippen molar-refractivity contribution in [1.29, 1.82) is 0 Å². The van der Waals surface area contributed by atoms with Gasteiger partial charge in [0, 0.05) is 31.7 Å². The van der Waals surface area contributed by atoms with Crippen LogP contribution in [0, 0.1) is 0 Å². The Labute approximate surface area is 179 Å². The summed E-state index contributed by atoms with van der Waals surface area (Å²) in [6.07, 6.45) is -7.54. The van der Waals surface area contributed by atoms with Crippen LogP contribution in [-0.2, 0) is 4.79 Å². The van der Waals surface area contributed by atoms with Gasteiger partial charge in [0.2, 0.25) is 5.91 Å². The maximum Gasteiger partial charge on any atom is 0.573 e. The molecule has 1 saturated heterocycles. The molecule has 1 aliphatic rings. The van der Waals surface area contributed by atoms with Crippen molar-refractivity contribution < 1.29 is 46.1 Å². The van der Waals surface area contributed by atoms with E-state index in [1.807, 2.05) is 13.8 Å². The fourth-order valence-corrected chi connectivity index (χ4v) is 2.21. The molecule has 32 heavy (non-hydrogen) atoms. The average Bonchev–Trinajstić information content (AvgIpc) is 2.65. The first-order valence-electron chi connectivity index (χ1n) is 9.18. The van der Waals surface area contributed by atoms with Gasteiger partial charge in [0.15, 0.2) is 0 Å². The Morgan fingerprint density at radius 3 is 2.16 bits per heavy atom. The maximum absolute atomic E-state index is 12.2. The van der Waals surface area contributed by atoms with E-state index >= 15 is 0 Å². The molecule has 1 aliphatic heterocycles. The summed E-state index contributed by atoms with van der Waals surface area (Å²) in [5, 5.41) is 16.9. The van der Waals surface area contributed by atoms with Crippen molar-refractivity contribution in [1.82, 2.24) is 14.9 Å². The Hall–Kier alpha value is -2.87. The molecule has 3 N–H and O–H groups in total. The van der Waals surface area contributed by atoms with Gasteiger partial charge in [0.1, 0.15) is 17.9 Å². The molecule has 2 heterocycles. The first-order valence-corrected chi connectivity index (χ1v) is 9.18. The van der Waals surface area contributed by atoms with Gasteiger partial charge in [-0.2, -0.15) is 0 Å². The number of alkyl halides is 6. The number of aliphatic hydroxyl groups is 2. The highest BCUT2D eigenvalue weighted by Crippen LogP contribution is 2.27. The second-order valence-electron chi connectivity index (χ2n) is 5.50. The second kappa shape index (κ2) is 13.5. The van der Waals surface area contributed by atoms with Crippen LogP contribution in [0.3, 0.4) is 0 Å². The van der Waals surface area contributed by atoms with Crippen molar-refractivity contribution >= 4 is 22.6 Å². The zero-order valence-corrected chi connectivity index (χ0v) is 17.5. The Morgan fingerprint density at radius 2 is 1.69 bits per heavy atom. The summed E-state index contributed by atoms with van der Waals surface area (Å²) in [6.45, 7) is 5.58. The van der Waals surface area contributed by atoms with Gasteiger partial charge in [-0.3, -0.25) is 4.79 Å². The topological polar surface area (TPSA) is 108 Å². The van der Waals surface area contributed by atoms with Gasteiger partial charge in [0.25, 0.3) is 0 Å². The number of nitrogens with one attached hydrogen (secondary N) is 1. The Morgan fingerprint density at radius 1 is 1.12 bits per heavy atom. The lowest BCUT2D eigenvalue weighted by molar-refractivity contribution is -0.295. The van der Waals surface area contributed by atoms with Crippen molar-refractivity contribution in [3.63, 3.8) is 0 Å². The molecule has 0 bridgehead atoms. The molecule has 0 unspecified atom stereocenters. The number of carbonyl (C=O) groups is 1. The zero-order chi connectivity index (χ0) is 24.9. The molecule has 1 aromatic carbocycles. The number of aliphatic hydroxyl groups excluding tert-OH is 1. The van der Waals surface area contributed by atoms with Crippen LogP contribution in [-0.4, -0.2) is 70.5 Å². The highest BCUT2D eigenvalue weighted by molar-refractivity contribution is 5.91. The third-order valence-corrected chi connectivity index (χ3v) is 3.46. The summed E-state index contributed by atoms with van der Waals surface area (Å²) in [5.41, 5.74) is 0.292. The van der Waals surface area contributed by atoms with Crippen LogP contribution in [0.4, 0.5) is 32.2 Å². The fraction of sp³-hybridized carbons (Fsp3) is 0.500. The molecule has 0 aliphatic carbocycles. The highest BCUT2D eigenvalue weighted by Gasteiger charge is 2.31. The minimum absolute atomic E-state index is 0.0416. The normalized spacial score (nSPS) is 12.7. The van der Waals surface area contributed by atoms with Gasteiger partial charge >= 0.3 is 12.7 Å². The number of anilines is 1. The molecular formula is C18H24F6N4O4. The number of halogens is 6. The lowest BCUT2D eigenvalue weighted by Crippen LogP contribution is -2.44. The lowest BCUT2D eigenvalue weighted by atomic mass is 10.2. The van der Waals surface area contributed by atoms with E-state index in [0.29, 0.717) is 16.7 Å². The molecule has 8 nitrogen and oxygen atoms in total. The first kappa shape index (κ1) is 29.1. The molecule has 0 spiro atoms. The van der Waals surface area contributed by atoms with Crippen molar-refractivity contribution in [2.45, 2.75) is 33.0 Å². The number of aromatic nitrogens is 2. The van der Waals surface area contributed by atoms with Gasteiger partial charge in [-0.05, 0) is 18.6 Å². The Kier molecular flexibility index (Phi) is 12.3. The second-order valence-corrected chi connectivity index (χ2v) is 5.50. The molecule has 0 atom stereocenters. The van der Waals surface area contributed by atoms with Gasteiger partial charge in [-0.1, -0.05) is 13.8 Å². The number of hydrogen-bond acceptors (Lipinski definition) is 7. The summed E-state index contributed by atoms with van der Waals surface area (Å²) in [5.74, 6) is -0.00576. The predicted molar refractivity (Wildman–Crippen MR) is 104 cm³/mol. The molecule has 1 amide bonds. The predicted octanol–water partition coefficient (Wildman–Crippen LogP) is 3.31. The van der Waals surface area contributed by atoms with Crippen LogP contribution in [0.25, 0.3) is 10.9 Å². The van der Waals surface area contributed by atoms with E-state index in [0.717, 1.165) is 26.6 Å². The molecule has 182 valence electrons. The third-order valence-electron chi connectivity index (χ3n) is 3.46. The number of hydrogen-bond donors (Lipinski definition) is 3. The Balaban J connectivity index is 0.000000928. The smallest absolute Gasteiger partial charge is 0.406 e. The van der Waals surface area contributed by atoms with E-state index in [2.05, 4.69) is 20.0 Å². The van der Waals surface area contributed by atoms with E-state index in [1.165, 1.54) is 24.5 Å². The minimum atomic E-state index is -5.00. The molecule has 14 heteroatoms. The van der Waals surface area contributed by atoms with E-state index < -0.39 is 12.7 Å². The van der Waals surface area contributed by atoms with Gasteiger partial charge in [-0.25, -0.2) is 9.97 Å². The van der Waals surface area contributed by atoms with Crippen molar-refractivity contribution in [3.8, 4) is 5.75 Å². The maximum atomic E-state index is 12.2.